The molecular formula is C63H72Cl14O6P4. The molecule has 6 aromatic rings. The molecule has 5 aliphatic rings. The molecule has 24 heteroatoms. The molecule has 0 radical (unpaired) electrons. The third kappa shape index (κ3) is 17.5. The molecule has 0 atom stereocenters. The molecule has 478 valence electrons. The van der Waals surface area contributed by atoms with E-state index < -0.39 is 18.7 Å². The van der Waals surface area contributed by atoms with Crippen LogP contribution in [0.3, 0.4) is 0 Å². The second-order valence-corrected chi connectivity index (χ2v) is 84.6. The summed E-state index contributed by atoms with van der Waals surface area (Å²) in [6, 6.07) is 27.4. The monoisotopic (exact) mass is 1540 g/mol. The normalized spacial score (nSPS) is 20.1. The van der Waals surface area contributed by atoms with E-state index in [1.807, 2.05) is 0 Å². The van der Waals surface area contributed by atoms with Gasteiger partial charge < -0.3 is 0 Å². The van der Waals surface area contributed by atoms with Gasteiger partial charge in [-0.25, -0.2) is 0 Å². The van der Waals surface area contributed by atoms with Gasteiger partial charge in [-0.1, -0.05) is 161 Å². The van der Waals surface area contributed by atoms with Crippen molar-refractivity contribution < 1.29 is 27.1 Å². The minimum atomic E-state index is -4.82. The fraction of sp³-hybridized carbons (Fsp3) is 0.429. The molecule has 6 nitrogen and oxygen atoms in total. The SMILES string of the molecule is CC(C)(C)c1cc2c3c(c1)-c1cc(C(C)(C)C)cc4c1O[P+](Cl)(O3)Oc1c(cc(C(C)(C)C)cc1-c1cc(C(C)(C)C)cc3c1O[P+]1(Cl)Oc5c(cc(C(C)(C)C)cc5-c5cc(C(C)(C)C)cc(c5O1)C4)C3)C2.Cl[P-](Cl)(Cl)(Cl)(Cl)Cl.Cl[P-](Cl)(Cl)(Cl)(Cl)Cl. The minimum absolute atomic E-state index is 0.208. The molecule has 5 aliphatic heterocycles. The molecule has 0 aliphatic carbocycles. The molecule has 0 fully saturated rings. The zero-order valence-electron chi connectivity index (χ0n) is 51.6. The first-order valence-electron chi connectivity index (χ1n) is 28.0. The van der Waals surface area contributed by atoms with Crippen molar-refractivity contribution in [3.8, 4) is 67.9 Å². The summed E-state index contributed by atoms with van der Waals surface area (Å²) in [5.74, 6) is 3.79. The Bertz CT molecular complexity index is 3610. The van der Waals surface area contributed by atoms with Gasteiger partial charge in [-0.15, -0.1) is 0 Å². The molecular weight excluding hydrogens is 1470 g/mol. The van der Waals surface area contributed by atoms with Crippen molar-refractivity contribution in [1.29, 1.82) is 0 Å². The van der Waals surface area contributed by atoms with Crippen LogP contribution in [0.4, 0.5) is 0 Å². The second kappa shape index (κ2) is 21.2. The molecule has 5 heterocycles. The quantitative estimate of drug-likeness (QED) is 0.141. The average molecular weight is 1550 g/mol. The zero-order chi connectivity index (χ0) is 65.5. The van der Waals surface area contributed by atoms with Gasteiger partial charge >= 0.3 is 154 Å². The van der Waals surface area contributed by atoms with Crippen molar-refractivity contribution in [1.82, 2.24) is 0 Å². The number of hydrogen-bond acceptors (Lipinski definition) is 6. The molecule has 0 N–H and O–H groups in total. The van der Waals surface area contributed by atoms with Crippen LogP contribution in [0.25, 0.3) is 33.4 Å². The Morgan fingerprint density at radius 1 is 0.253 bits per heavy atom. The van der Waals surface area contributed by atoms with Gasteiger partial charge in [0.1, 0.15) is 0 Å². The summed E-state index contributed by atoms with van der Waals surface area (Å²) >= 11 is 76.3. The Balaban J connectivity index is 0.000000577. The van der Waals surface area contributed by atoms with Crippen LogP contribution in [0, 0.1) is 0 Å². The number of benzene rings is 6. The summed E-state index contributed by atoms with van der Waals surface area (Å²) in [6.45, 7) is 40.8. The third-order valence-corrected chi connectivity index (χ3v) is 19.1. The Hall–Kier alpha value is -0.1000. The van der Waals surface area contributed by atoms with Crippen LogP contribution >= 0.6 is 176 Å². The van der Waals surface area contributed by atoms with E-state index in [4.69, 9.17) is 185 Å². The van der Waals surface area contributed by atoms with Crippen molar-refractivity contribution >= 4 is 176 Å². The second-order valence-electron chi connectivity index (χ2n) is 29.4. The van der Waals surface area contributed by atoms with Crippen LogP contribution in [-0.4, -0.2) is 0 Å². The Morgan fingerprint density at radius 3 is 0.471 bits per heavy atom. The fourth-order valence-corrected chi connectivity index (χ4v) is 14.8. The van der Waals surface area contributed by atoms with E-state index in [9.17, 15) is 0 Å². The molecule has 6 aromatic carbocycles. The first-order valence-corrected chi connectivity index (χ1v) is 49.1. The van der Waals surface area contributed by atoms with Crippen LogP contribution in [0.1, 0.15) is 191 Å². The summed E-state index contributed by atoms with van der Waals surface area (Å²) in [7, 11) is -7.75. The number of halogens is 14. The molecule has 0 unspecified atom stereocenters. The predicted molar refractivity (Wildman–Crippen MR) is 390 cm³/mol. The van der Waals surface area contributed by atoms with E-state index in [0.717, 1.165) is 89.0 Å². The van der Waals surface area contributed by atoms with Gasteiger partial charge in [0, 0.05) is 86.0 Å². The van der Waals surface area contributed by atoms with Crippen LogP contribution in [0.5, 0.6) is 34.5 Å². The van der Waals surface area contributed by atoms with Gasteiger partial charge in [-0.05, 0) is 102 Å². The summed E-state index contributed by atoms with van der Waals surface area (Å²) in [5.41, 5.74) is 16.6. The summed E-state index contributed by atoms with van der Waals surface area (Å²) in [4.78, 5) is 0. The van der Waals surface area contributed by atoms with Gasteiger partial charge in [0.15, 0.2) is 34.5 Å². The Labute approximate surface area is 581 Å². The number of rotatable bonds is 0. The van der Waals surface area contributed by atoms with Crippen LogP contribution < -0.4 is 27.1 Å². The molecule has 87 heavy (non-hydrogen) atoms. The molecule has 8 bridgehead atoms. The molecule has 0 aromatic heterocycles. The standard InChI is InChI=1S/C63H72Cl2O6P2.2Cl6P/c1-58(2,3)40-22-34-19-36-24-44(62(13,14)15)32-50-51-33-45(63(16,17)18)25-37-20-35-23-41(59(4,5)6)29-47-49-31-43(61(10,11)12)27-39(55(49)69-73(65,67-53(35)47)71-57(37)51)21-38-26-42(60(7,8)9)30-48-46(28-40)52(34)66-72(64,68-54(38)48)70-56(36)50;2*1-7(2,3,4,5)6/h22-33H,19-21H2,1-18H3;;/q+2;2*-1. The molecule has 0 spiro atoms. The van der Waals surface area contributed by atoms with E-state index in [2.05, 4.69) is 197 Å². The van der Waals surface area contributed by atoms with Gasteiger partial charge in [-0.3, -0.25) is 27.1 Å². The summed E-state index contributed by atoms with van der Waals surface area (Å²) in [6.07, 6.45) is 1.41. The average Bonchev–Trinajstić information content (AvgIpc) is 1.68. The van der Waals surface area contributed by atoms with Crippen LogP contribution in [0.15, 0.2) is 72.8 Å². The van der Waals surface area contributed by atoms with E-state index in [0.29, 0.717) is 53.8 Å². The van der Waals surface area contributed by atoms with Gasteiger partial charge in [-0.2, -0.15) is 0 Å². The Morgan fingerprint density at radius 2 is 0.368 bits per heavy atom. The van der Waals surface area contributed by atoms with Gasteiger partial charge in [0.25, 0.3) is 0 Å². The maximum absolute atomic E-state index is 8.11. The fourth-order valence-electron chi connectivity index (χ4n) is 10.7. The van der Waals surface area contributed by atoms with Crippen molar-refractivity contribution in [2.24, 2.45) is 0 Å². The van der Waals surface area contributed by atoms with Crippen molar-refractivity contribution in [2.75, 3.05) is 0 Å². The molecule has 0 saturated heterocycles. The summed E-state index contributed by atoms with van der Waals surface area (Å²) < 4.78 is 34.8. The van der Waals surface area contributed by atoms with E-state index in [1.54, 1.807) is 0 Å². The molecule has 11 rings (SSSR count). The van der Waals surface area contributed by atoms with Crippen LogP contribution in [0.2, 0.25) is 0 Å². The summed E-state index contributed by atoms with van der Waals surface area (Å²) in [5, 5.41) is 0. The topological polar surface area (TPSA) is 55.4 Å². The maximum atomic E-state index is 8.11. The first-order chi connectivity index (χ1) is 38.4. The van der Waals surface area contributed by atoms with Crippen molar-refractivity contribution in [3.63, 3.8) is 0 Å². The van der Waals surface area contributed by atoms with Crippen molar-refractivity contribution in [3.05, 3.63) is 140 Å². The predicted octanol–water partition coefficient (Wildman–Crippen LogP) is 29.7. The zero-order valence-corrected chi connectivity index (χ0v) is 65.7. The van der Waals surface area contributed by atoms with Crippen molar-refractivity contribution in [2.45, 2.75) is 176 Å². The van der Waals surface area contributed by atoms with E-state index >= 15 is 0 Å². The van der Waals surface area contributed by atoms with E-state index in [-0.39, 0.29) is 32.5 Å². The van der Waals surface area contributed by atoms with Gasteiger partial charge in [0.05, 0.1) is 0 Å². The molecule has 0 saturated carbocycles. The number of fused-ring (bicyclic) bond motifs is 3. The third-order valence-electron chi connectivity index (χ3n) is 15.4. The van der Waals surface area contributed by atoms with Crippen LogP contribution in [-0.2, 0) is 51.8 Å². The number of hydrogen-bond donors (Lipinski definition) is 0. The van der Waals surface area contributed by atoms with Gasteiger partial charge in [0.2, 0.25) is 22.5 Å². The molecule has 0 amide bonds. The Kier molecular flexibility index (Phi) is 17.3. The van der Waals surface area contributed by atoms with E-state index in [1.165, 1.54) is 11.1 Å². The first kappa shape index (κ1) is 71.2.